The fraction of sp³-hybridized carbons (Fsp3) is 0.883. The molecule has 3 heterocycles. The Bertz CT molecular complexity index is 1590. The minimum absolute atomic E-state index is 0.239. The van der Waals surface area contributed by atoms with Gasteiger partial charge in [0.15, 0.2) is 18.9 Å². The summed E-state index contributed by atoms with van der Waals surface area (Å²) in [6.07, 6.45) is 19.7. The van der Waals surface area contributed by atoms with Crippen molar-refractivity contribution in [1.82, 2.24) is 5.32 Å². The average molecular weight is 1130 g/mol. The summed E-state index contributed by atoms with van der Waals surface area (Å²) in [6.45, 7) is 1.69. The lowest BCUT2D eigenvalue weighted by Crippen LogP contribution is -2.66. The Morgan fingerprint density at radius 1 is 0.456 bits per heavy atom. The first-order valence-electron chi connectivity index (χ1n) is 30.7. The second-order valence-electron chi connectivity index (χ2n) is 22.2. The highest BCUT2D eigenvalue weighted by Gasteiger charge is 2.53. The Morgan fingerprint density at radius 3 is 1.32 bits per heavy atom. The largest absolute Gasteiger partial charge is 0.394 e. The van der Waals surface area contributed by atoms with Gasteiger partial charge in [0, 0.05) is 6.42 Å². The smallest absolute Gasteiger partial charge is 0.220 e. The number of rotatable bonds is 45. The monoisotopic (exact) mass is 1130 g/mol. The third-order valence-corrected chi connectivity index (χ3v) is 15.4. The molecule has 17 atom stereocenters. The van der Waals surface area contributed by atoms with Crippen LogP contribution >= 0.6 is 0 Å². The number of carbonyl (C=O) groups excluding carboxylic acids is 1. The lowest BCUT2D eigenvalue weighted by molar-refractivity contribution is -0.379. The third kappa shape index (κ3) is 27.5. The highest BCUT2D eigenvalue weighted by Crippen LogP contribution is 2.33. The van der Waals surface area contributed by atoms with E-state index in [9.17, 15) is 61.0 Å². The first-order valence-corrected chi connectivity index (χ1v) is 30.7. The summed E-state index contributed by atoms with van der Waals surface area (Å²) in [5.41, 5.74) is 0. The molecule has 3 aliphatic heterocycles. The minimum atomic E-state index is -1.98. The molecule has 0 spiro atoms. The maximum Gasteiger partial charge on any atom is 0.220 e. The van der Waals surface area contributed by atoms with Crippen LogP contribution in [-0.4, -0.2) is 193 Å². The number of aliphatic hydroxyl groups is 11. The van der Waals surface area contributed by atoms with E-state index in [0.717, 1.165) is 64.2 Å². The molecule has 0 aromatic carbocycles. The second kappa shape index (κ2) is 43.6. The topological polar surface area (TPSA) is 307 Å². The van der Waals surface area contributed by atoms with Crippen molar-refractivity contribution in [3.63, 3.8) is 0 Å². The predicted octanol–water partition coefficient (Wildman–Crippen LogP) is 5.71. The van der Waals surface area contributed by atoms with Gasteiger partial charge in [-0.25, -0.2) is 0 Å². The summed E-state index contributed by atoms with van der Waals surface area (Å²) >= 11 is 0. The maximum atomic E-state index is 13.3. The molecular formula is C60H109NO18. The van der Waals surface area contributed by atoms with Gasteiger partial charge in [-0.2, -0.15) is 0 Å². The van der Waals surface area contributed by atoms with Crippen molar-refractivity contribution >= 4 is 5.91 Å². The highest BCUT2D eigenvalue weighted by molar-refractivity contribution is 5.76. The van der Waals surface area contributed by atoms with Gasteiger partial charge in [-0.15, -0.1) is 0 Å². The first kappa shape index (κ1) is 71.3. The fourth-order valence-electron chi connectivity index (χ4n) is 10.3. The molecule has 3 fully saturated rings. The predicted molar refractivity (Wildman–Crippen MR) is 300 cm³/mol. The normalized spacial score (nSPS) is 30.5. The van der Waals surface area contributed by atoms with Gasteiger partial charge < -0.3 is 89.9 Å². The number of ether oxygens (including phenoxy) is 6. The van der Waals surface area contributed by atoms with Crippen LogP contribution in [-0.2, 0) is 33.2 Å². The van der Waals surface area contributed by atoms with E-state index in [1.54, 1.807) is 6.08 Å². The molecule has 0 radical (unpaired) electrons. The quantitative estimate of drug-likeness (QED) is 0.0257. The van der Waals surface area contributed by atoms with Crippen LogP contribution in [0.2, 0.25) is 0 Å². The van der Waals surface area contributed by atoms with E-state index in [2.05, 4.69) is 43.5 Å². The molecule has 3 aliphatic rings. The number of hydrogen-bond donors (Lipinski definition) is 12. The Kier molecular flexibility index (Phi) is 39.4. The summed E-state index contributed by atoms with van der Waals surface area (Å²) in [4.78, 5) is 13.3. The van der Waals surface area contributed by atoms with E-state index in [4.69, 9.17) is 28.4 Å². The van der Waals surface area contributed by atoms with Crippen LogP contribution in [0.4, 0.5) is 0 Å². The zero-order valence-electron chi connectivity index (χ0n) is 48.1. The van der Waals surface area contributed by atoms with Gasteiger partial charge in [-0.3, -0.25) is 4.79 Å². The second-order valence-corrected chi connectivity index (χ2v) is 22.2. The molecule has 19 nitrogen and oxygen atoms in total. The van der Waals surface area contributed by atoms with Gasteiger partial charge in [-0.1, -0.05) is 185 Å². The van der Waals surface area contributed by atoms with Crippen LogP contribution in [0.5, 0.6) is 0 Å². The van der Waals surface area contributed by atoms with E-state index in [0.29, 0.717) is 6.42 Å². The van der Waals surface area contributed by atoms with Gasteiger partial charge >= 0.3 is 0 Å². The standard InChI is InChI=1S/C60H109NO18/c1-3-5-7-9-11-13-15-17-19-20-21-22-24-26-28-30-32-34-36-38-48(66)61-43(44(65)37-35-33-31-29-27-25-23-18-16-14-12-10-8-6-4-2)42-74-58-54(72)51(69)56(46(40-63)76-58)79-60-55(73)52(70)57(47(41-64)77-60)78-59-53(71)50(68)49(67)45(39-62)75-59/h11,13,17,19,35,37,43-47,49-60,62-65,67-73H,3-10,12,14-16,18,20-34,36,38-42H2,1-2H3,(H,61,66)/b13-11-,19-17-,37-35+. The number of nitrogens with one attached hydrogen (secondary N) is 1. The van der Waals surface area contributed by atoms with Gasteiger partial charge in [0.2, 0.25) is 5.91 Å². The number of hydrogen-bond acceptors (Lipinski definition) is 18. The molecule has 19 heteroatoms. The van der Waals surface area contributed by atoms with Gasteiger partial charge in [-0.05, 0) is 51.4 Å². The molecule has 0 aromatic heterocycles. The van der Waals surface area contributed by atoms with Gasteiger partial charge in [0.25, 0.3) is 0 Å². The van der Waals surface area contributed by atoms with Crippen LogP contribution in [0.25, 0.3) is 0 Å². The van der Waals surface area contributed by atoms with Crippen molar-refractivity contribution in [2.24, 2.45) is 0 Å². The molecule has 1 amide bonds. The number of carbonyl (C=O) groups is 1. The van der Waals surface area contributed by atoms with Crippen molar-refractivity contribution in [3.05, 3.63) is 36.5 Å². The van der Waals surface area contributed by atoms with Crippen LogP contribution < -0.4 is 5.32 Å². The highest BCUT2D eigenvalue weighted by atomic mass is 16.8. The van der Waals surface area contributed by atoms with Crippen molar-refractivity contribution < 1.29 is 89.4 Å². The molecule has 462 valence electrons. The molecule has 0 aromatic rings. The fourth-order valence-corrected chi connectivity index (χ4v) is 10.3. The molecule has 79 heavy (non-hydrogen) atoms. The zero-order valence-corrected chi connectivity index (χ0v) is 48.1. The van der Waals surface area contributed by atoms with Crippen molar-refractivity contribution in [3.8, 4) is 0 Å². The van der Waals surface area contributed by atoms with Crippen molar-refractivity contribution in [1.29, 1.82) is 0 Å². The number of unbranched alkanes of at least 4 members (excludes halogenated alkanes) is 25. The summed E-state index contributed by atoms with van der Waals surface area (Å²) in [5, 5.41) is 120. The Morgan fingerprint density at radius 2 is 0.835 bits per heavy atom. The van der Waals surface area contributed by atoms with Crippen LogP contribution in [0.3, 0.4) is 0 Å². The van der Waals surface area contributed by atoms with E-state index in [1.807, 2.05) is 6.08 Å². The van der Waals surface area contributed by atoms with E-state index < -0.39 is 124 Å². The third-order valence-electron chi connectivity index (χ3n) is 15.4. The van der Waals surface area contributed by atoms with Crippen LogP contribution in [0, 0.1) is 0 Å². The number of aliphatic hydroxyl groups excluding tert-OH is 11. The summed E-state index contributed by atoms with van der Waals surface area (Å²) in [7, 11) is 0. The summed E-state index contributed by atoms with van der Waals surface area (Å²) in [5.74, 6) is -0.281. The SMILES string of the molecule is CCCCC/C=C\C/C=C\CCCCCCCCCCCC(=O)NC(COC1OC(CO)C(OC2OC(CO)C(OC3OC(CO)C(O)C(O)C3O)C(O)C2O)C(O)C1O)C(O)/C=C/CCCCCCCCCCCCCCC. The summed E-state index contributed by atoms with van der Waals surface area (Å²) < 4.78 is 34.2. The molecule has 12 N–H and O–H groups in total. The van der Waals surface area contributed by atoms with Crippen molar-refractivity contribution in [2.45, 2.75) is 311 Å². The van der Waals surface area contributed by atoms with E-state index >= 15 is 0 Å². The van der Waals surface area contributed by atoms with Crippen LogP contribution in [0.1, 0.15) is 206 Å². The molecule has 3 rings (SSSR count). The van der Waals surface area contributed by atoms with E-state index in [-0.39, 0.29) is 18.9 Å². The van der Waals surface area contributed by atoms with Crippen molar-refractivity contribution in [2.75, 3.05) is 26.4 Å². The lowest BCUT2D eigenvalue weighted by atomic mass is 9.96. The van der Waals surface area contributed by atoms with E-state index in [1.165, 1.54) is 116 Å². The molecule has 0 bridgehead atoms. The Balaban J connectivity index is 1.50. The molecular weight excluding hydrogens is 1020 g/mol. The van der Waals surface area contributed by atoms with Gasteiger partial charge in [0.1, 0.15) is 73.2 Å². The number of allylic oxidation sites excluding steroid dienone is 5. The minimum Gasteiger partial charge on any atom is -0.394 e. The number of amides is 1. The Labute approximate surface area is 472 Å². The average Bonchev–Trinajstić information content (AvgIpc) is 3.47. The van der Waals surface area contributed by atoms with Crippen LogP contribution in [0.15, 0.2) is 36.5 Å². The lowest BCUT2D eigenvalue weighted by Gasteiger charge is -2.48. The molecule has 0 aliphatic carbocycles. The zero-order chi connectivity index (χ0) is 57.6. The first-order chi connectivity index (χ1) is 38.3. The summed E-state index contributed by atoms with van der Waals surface area (Å²) in [6, 6.07) is -0.974. The Hall–Kier alpha value is -1.99. The molecule has 3 saturated heterocycles. The molecule has 17 unspecified atom stereocenters. The molecule has 0 saturated carbocycles. The maximum absolute atomic E-state index is 13.3. The van der Waals surface area contributed by atoms with Gasteiger partial charge in [0.05, 0.1) is 38.6 Å².